The standard InChI is InChI=1S/C19H18ClN3O3S/c20-13-5-3-12(4-6-13)10-21-16(24)11-23-17(25)19(22-18(23)26)8-1-2-15-14(19)7-9-27-15/h3-7,9H,1-2,8,10-11H2,(H,21,24)(H,22,26). The van der Waals surface area contributed by atoms with Crippen LogP contribution in [0.25, 0.3) is 0 Å². The number of carbonyl (C=O) groups is 3. The lowest BCUT2D eigenvalue weighted by Gasteiger charge is -2.31. The van der Waals surface area contributed by atoms with Gasteiger partial charge in [0.1, 0.15) is 12.1 Å². The number of hydrogen-bond donors (Lipinski definition) is 2. The van der Waals surface area contributed by atoms with Crippen molar-refractivity contribution in [1.29, 1.82) is 0 Å². The molecule has 1 aliphatic carbocycles. The van der Waals surface area contributed by atoms with E-state index >= 15 is 0 Å². The van der Waals surface area contributed by atoms with Gasteiger partial charge >= 0.3 is 6.03 Å². The van der Waals surface area contributed by atoms with Gasteiger partial charge in [0.25, 0.3) is 5.91 Å². The Morgan fingerprint density at radius 2 is 2.04 bits per heavy atom. The van der Waals surface area contributed by atoms with Crippen LogP contribution in [0.1, 0.15) is 28.8 Å². The van der Waals surface area contributed by atoms with E-state index in [1.165, 1.54) is 0 Å². The molecule has 4 amide bonds. The van der Waals surface area contributed by atoms with E-state index in [-0.39, 0.29) is 18.4 Å². The Morgan fingerprint density at radius 1 is 1.26 bits per heavy atom. The van der Waals surface area contributed by atoms with Crippen LogP contribution >= 0.6 is 22.9 Å². The number of carbonyl (C=O) groups excluding carboxylic acids is 3. The summed E-state index contributed by atoms with van der Waals surface area (Å²) in [5, 5.41) is 8.15. The second-order valence-corrected chi connectivity index (χ2v) is 8.18. The van der Waals surface area contributed by atoms with Gasteiger partial charge in [0.15, 0.2) is 0 Å². The smallest absolute Gasteiger partial charge is 0.325 e. The van der Waals surface area contributed by atoms with Gasteiger partial charge in [-0.1, -0.05) is 23.7 Å². The van der Waals surface area contributed by atoms with Gasteiger partial charge in [-0.25, -0.2) is 4.79 Å². The van der Waals surface area contributed by atoms with E-state index in [2.05, 4.69) is 10.6 Å². The molecule has 1 aromatic carbocycles. The lowest BCUT2D eigenvalue weighted by Crippen LogP contribution is -2.46. The molecule has 2 N–H and O–H groups in total. The normalized spacial score (nSPS) is 21.3. The van der Waals surface area contributed by atoms with Crippen molar-refractivity contribution in [2.45, 2.75) is 31.3 Å². The maximum Gasteiger partial charge on any atom is 0.325 e. The van der Waals surface area contributed by atoms with Gasteiger partial charge in [-0.15, -0.1) is 11.3 Å². The van der Waals surface area contributed by atoms with Gasteiger partial charge in [-0.05, 0) is 48.4 Å². The Hall–Kier alpha value is -2.38. The van der Waals surface area contributed by atoms with Crippen LogP contribution in [0, 0.1) is 0 Å². The molecule has 1 unspecified atom stereocenters. The van der Waals surface area contributed by atoms with Crippen LogP contribution < -0.4 is 10.6 Å². The lowest BCUT2D eigenvalue weighted by molar-refractivity contribution is -0.135. The Morgan fingerprint density at radius 3 is 2.81 bits per heavy atom. The van der Waals surface area contributed by atoms with Crippen LogP contribution in [-0.2, 0) is 28.1 Å². The zero-order valence-corrected chi connectivity index (χ0v) is 16.0. The number of imide groups is 1. The molecule has 140 valence electrons. The minimum absolute atomic E-state index is 0.292. The maximum atomic E-state index is 13.1. The van der Waals surface area contributed by atoms with Crippen LogP contribution in [0.4, 0.5) is 4.79 Å². The van der Waals surface area contributed by atoms with Crippen molar-refractivity contribution in [2.75, 3.05) is 6.54 Å². The third kappa shape index (κ3) is 3.21. The first kappa shape index (κ1) is 18.0. The number of nitrogens with zero attached hydrogens (tertiary/aromatic N) is 1. The molecule has 8 heteroatoms. The number of urea groups is 1. The Labute approximate surface area is 165 Å². The van der Waals surface area contributed by atoms with E-state index in [1.807, 2.05) is 23.6 Å². The zero-order chi connectivity index (χ0) is 19.0. The van der Waals surface area contributed by atoms with Crippen LogP contribution in [0.15, 0.2) is 35.7 Å². The topological polar surface area (TPSA) is 78.5 Å². The molecule has 2 aromatic rings. The fourth-order valence-corrected chi connectivity index (χ4v) is 4.81. The molecule has 27 heavy (non-hydrogen) atoms. The van der Waals surface area contributed by atoms with E-state index in [1.54, 1.807) is 23.5 Å². The third-order valence-electron chi connectivity index (χ3n) is 5.04. The largest absolute Gasteiger partial charge is 0.350 e. The van der Waals surface area contributed by atoms with Crippen molar-refractivity contribution in [1.82, 2.24) is 15.5 Å². The molecule has 2 heterocycles. The molecule has 0 saturated carbocycles. The van der Waals surface area contributed by atoms with Crippen molar-refractivity contribution < 1.29 is 14.4 Å². The molecule has 1 aromatic heterocycles. The van der Waals surface area contributed by atoms with E-state index in [4.69, 9.17) is 11.6 Å². The molecule has 1 fully saturated rings. The van der Waals surface area contributed by atoms with Crippen LogP contribution in [0.5, 0.6) is 0 Å². The molecule has 1 spiro atoms. The highest BCUT2D eigenvalue weighted by Gasteiger charge is 2.54. The fraction of sp³-hybridized carbons (Fsp3) is 0.316. The molecule has 6 nitrogen and oxygen atoms in total. The molecule has 0 radical (unpaired) electrons. The first-order valence-corrected chi connectivity index (χ1v) is 9.97. The Kier molecular flexibility index (Phi) is 4.65. The molecule has 1 aliphatic heterocycles. The van der Waals surface area contributed by atoms with Gasteiger partial charge < -0.3 is 10.6 Å². The lowest BCUT2D eigenvalue weighted by atomic mass is 9.80. The Bertz CT molecular complexity index is 911. The SMILES string of the molecule is O=C(CN1C(=O)NC2(CCCc3sccc32)C1=O)NCc1ccc(Cl)cc1. The minimum Gasteiger partial charge on any atom is -0.350 e. The number of benzene rings is 1. The summed E-state index contributed by atoms with van der Waals surface area (Å²) in [6, 6.07) is 8.50. The second-order valence-electron chi connectivity index (χ2n) is 6.74. The van der Waals surface area contributed by atoms with Crippen molar-refractivity contribution >= 4 is 40.8 Å². The molecular weight excluding hydrogens is 386 g/mol. The first-order chi connectivity index (χ1) is 13.0. The van der Waals surface area contributed by atoms with Crippen molar-refractivity contribution in [2.24, 2.45) is 0 Å². The summed E-state index contributed by atoms with van der Waals surface area (Å²) >= 11 is 7.44. The minimum atomic E-state index is -1.01. The van der Waals surface area contributed by atoms with Crippen LogP contribution in [0.3, 0.4) is 0 Å². The average Bonchev–Trinajstić information content (AvgIpc) is 3.22. The summed E-state index contributed by atoms with van der Waals surface area (Å²) in [5.74, 6) is -0.722. The highest BCUT2D eigenvalue weighted by Crippen LogP contribution is 2.41. The number of aryl methyl sites for hydroxylation is 1. The number of halogens is 1. The summed E-state index contributed by atoms with van der Waals surface area (Å²) in [4.78, 5) is 39.9. The van der Waals surface area contributed by atoms with E-state index in [0.29, 0.717) is 18.0 Å². The molecule has 1 saturated heterocycles. The monoisotopic (exact) mass is 403 g/mol. The number of fused-ring (bicyclic) bond motifs is 2. The first-order valence-electron chi connectivity index (χ1n) is 8.72. The molecule has 2 aliphatic rings. The number of thiophene rings is 1. The van der Waals surface area contributed by atoms with Gasteiger partial charge in [-0.3, -0.25) is 14.5 Å². The number of amides is 4. The number of nitrogens with one attached hydrogen (secondary N) is 2. The van der Waals surface area contributed by atoms with Crippen molar-refractivity contribution in [3.05, 3.63) is 56.7 Å². The summed E-state index contributed by atoms with van der Waals surface area (Å²) in [5.41, 5.74) is 0.749. The predicted molar refractivity (Wildman–Crippen MR) is 102 cm³/mol. The van der Waals surface area contributed by atoms with Gasteiger partial charge in [0.05, 0.1) is 0 Å². The summed E-state index contributed by atoms with van der Waals surface area (Å²) in [6.07, 6.45) is 2.31. The highest BCUT2D eigenvalue weighted by molar-refractivity contribution is 7.10. The Balaban J connectivity index is 1.44. The van der Waals surface area contributed by atoms with E-state index in [0.717, 1.165) is 33.7 Å². The van der Waals surface area contributed by atoms with Crippen LogP contribution in [0.2, 0.25) is 5.02 Å². The van der Waals surface area contributed by atoms with E-state index < -0.39 is 11.6 Å². The average molecular weight is 404 g/mol. The predicted octanol–water partition coefficient (Wildman–Crippen LogP) is 2.80. The summed E-state index contributed by atoms with van der Waals surface area (Å²) in [7, 11) is 0. The highest BCUT2D eigenvalue weighted by atomic mass is 35.5. The fourth-order valence-electron chi connectivity index (χ4n) is 3.69. The summed E-state index contributed by atoms with van der Waals surface area (Å²) < 4.78 is 0. The second kappa shape index (κ2) is 6.98. The molecule has 0 bridgehead atoms. The third-order valence-corrected chi connectivity index (χ3v) is 6.27. The molecule has 4 rings (SSSR count). The zero-order valence-electron chi connectivity index (χ0n) is 14.5. The maximum absolute atomic E-state index is 13.1. The van der Waals surface area contributed by atoms with E-state index in [9.17, 15) is 14.4 Å². The summed E-state index contributed by atoms with van der Waals surface area (Å²) in [6.45, 7) is 0.0128. The molecular formula is C19H18ClN3O3S. The quantitative estimate of drug-likeness (QED) is 0.770. The number of hydrogen-bond acceptors (Lipinski definition) is 4. The van der Waals surface area contributed by atoms with Gasteiger partial charge in [0, 0.05) is 22.0 Å². The molecule has 1 atom stereocenters. The van der Waals surface area contributed by atoms with Gasteiger partial charge in [0.2, 0.25) is 5.91 Å². The van der Waals surface area contributed by atoms with Crippen molar-refractivity contribution in [3.8, 4) is 0 Å². The number of rotatable bonds is 4. The van der Waals surface area contributed by atoms with Crippen molar-refractivity contribution in [3.63, 3.8) is 0 Å². The van der Waals surface area contributed by atoms with Crippen LogP contribution in [-0.4, -0.2) is 29.3 Å². The van der Waals surface area contributed by atoms with Gasteiger partial charge in [-0.2, -0.15) is 0 Å².